The fourth-order valence-corrected chi connectivity index (χ4v) is 4.20. The molecule has 1 fully saturated rings. The number of halogens is 1. The lowest BCUT2D eigenvalue weighted by molar-refractivity contribution is 0.162. The van der Waals surface area contributed by atoms with Crippen molar-refractivity contribution in [3.63, 3.8) is 0 Å². The standard InChI is InChI=1S/C22H25FN6O3S/c1-13-11-26-19(12-25-13)29-8-6-15(7-9-29)32-22-14(2)20(24)27-21(28-22)17-5-4-16(10-18(17)23)33(3,30)31/h4-5,10-12,15H,6-9H2,1-3H3,(H2,24,27,28). The van der Waals surface area contributed by atoms with E-state index in [1.165, 1.54) is 12.1 Å². The summed E-state index contributed by atoms with van der Waals surface area (Å²) < 4.78 is 44.2. The minimum absolute atomic E-state index is 0.0398. The Kier molecular flexibility index (Phi) is 6.15. The fourth-order valence-electron chi connectivity index (χ4n) is 3.57. The summed E-state index contributed by atoms with van der Waals surface area (Å²) in [4.78, 5) is 19.3. The molecule has 2 aromatic heterocycles. The summed E-state index contributed by atoms with van der Waals surface area (Å²) in [6.07, 6.45) is 5.91. The minimum Gasteiger partial charge on any atom is -0.474 e. The number of piperidine rings is 1. The van der Waals surface area contributed by atoms with Crippen molar-refractivity contribution in [3.05, 3.63) is 47.7 Å². The van der Waals surface area contributed by atoms with Crippen LogP contribution in [0.2, 0.25) is 0 Å². The van der Waals surface area contributed by atoms with E-state index in [-0.39, 0.29) is 34.1 Å². The summed E-state index contributed by atoms with van der Waals surface area (Å²) >= 11 is 0. The van der Waals surface area contributed by atoms with Crippen LogP contribution in [-0.2, 0) is 9.84 Å². The molecule has 0 saturated carbocycles. The predicted octanol–water partition coefficient (Wildman–Crippen LogP) is 2.72. The van der Waals surface area contributed by atoms with Crippen LogP contribution in [0.4, 0.5) is 16.0 Å². The molecule has 3 heterocycles. The molecule has 3 aromatic rings. The third-order valence-electron chi connectivity index (χ3n) is 5.56. The summed E-state index contributed by atoms with van der Waals surface area (Å²) in [6, 6.07) is 3.60. The number of anilines is 2. The Morgan fingerprint density at radius 2 is 1.85 bits per heavy atom. The van der Waals surface area contributed by atoms with E-state index in [0.717, 1.165) is 49.8 Å². The van der Waals surface area contributed by atoms with Gasteiger partial charge in [0, 0.05) is 32.2 Å². The van der Waals surface area contributed by atoms with E-state index in [9.17, 15) is 12.8 Å². The third kappa shape index (κ3) is 5.03. The van der Waals surface area contributed by atoms with Gasteiger partial charge in [-0.1, -0.05) is 0 Å². The zero-order valence-electron chi connectivity index (χ0n) is 18.6. The molecule has 0 amide bonds. The summed E-state index contributed by atoms with van der Waals surface area (Å²) in [7, 11) is -3.54. The largest absolute Gasteiger partial charge is 0.474 e. The third-order valence-corrected chi connectivity index (χ3v) is 6.67. The molecule has 9 nitrogen and oxygen atoms in total. The van der Waals surface area contributed by atoms with Crippen LogP contribution in [0.25, 0.3) is 11.4 Å². The van der Waals surface area contributed by atoms with Gasteiger partial charge in [-0.15, -0.1) is 0 Å². The minimum atomic E-state index is -3.54. The van der Waals surface area contributed by atoms with Crippen LogP contribution in [0.15, 0.2) is 35.5 Å². The van der Waals surface area contributed by atoms with Crippen LogP contribution in [-0.4, -0.2) is 53.8 Å². The van der Waals surface area contributed by atoms with E-state index < -0.39 is 15.7 Å². The Labute approximate surface area is 191 Å². The van der Waals surface area contributed by atoms with Gasteiger partial charge in [0.2, 0.25) is 5.88 Å². The van der Waals surface area contributed by atoms with E-state index >= 15 is 0 Å². The van der Waals surface area contributed by atoms with Crippen molar-refractivity contribution in [2.24, 2.45) is 0 Å². The maximum absolute atomic E-state index is 14.7. The highest BCUT2D eigenvalue weighted by Gasteiger charge is 2.24. The molecule has 0 spiro atoms. The number of hydrogen-bond acceptors (Lipinski definition) is 9. The second-order valence-electron chi connectivity index (χ2n) is 8.10. The second kappa shape index (κ2) is 8.89. The van der Waals surface area contributed by atoms with Gasteiger partial charge in [-0.25, -0.2) is 22.8 Å². The quantitative estimate of drug-likeness (QED) is 0.597. The molecule has 1 saturated heterocycles. The van der Waals surface area contributed by atoms with Crippen LogP contribution >= 0.6 is 0 Å². The van der Waals surface area contributed by atoms with Gasteiger partial charge in [-0.2, -0.15) is 4.98 Å². The molecule has 2 N–H and O–H groups in total. The molecule has 0 bridgehead atoms. The lowest BCUT2D eigenvalue weighted by atomic mass is 10.1. The topological polar surface area (TPSA) is 124 Å². The first-order valence-electron chi connectivity index (χ1n) is 10.5. The van der Waals surface area contributed by atoms with Crippen molar-refractivity contribution in [1.82, 2.24) is 19.9 Å². The average Bonchev–Trinajstić information content (AvgIpc) is 2.77. The molecule has 0 atom stereocenters. The summed E-state index contributed by atoms with van der Waals surface area (Å²) in [6.45, 7) is 5.13. The Bertz CT molecular complexity index is 1280. The van der Waals surface area contributed by atoms with Crippen molar-refractivity contribution in [3.8, 4) is 17.3 Å². The normalized spacial score (nSPS) is 15.0. The van der Waals surface area contributed by atoms with Gasteiger partial charge >= 0.3 is 0 Å². The maximum atomic E-state index is 14.7. The second-order valence-corrected chi connectivity index (χ2v) is 10.1. The Morgan fingerprint density at radius 3 is 2.45 bits per heavy atom. The summed E-state index contributed by atoms with van der Waals surface area (Å²) in [5.74, 6) is 0.584. The molecular weight excluding hydrogens is 447 g/mol. The Balaban J connectivity index is 1.52. The number of nitrogens with zero attached hydrogens (tertiary/aromatic N) is 5. The van der Waals surface area contributed by atoms with Gasteiger partial charge in [-0.3, -0.25) is 4.98 Å². The molecule has 1 aliphatic rings. The lowest BCUT2D eigenvalue weighted by Gasteiger charge is -2.32. The summed E-state index contributed by atoms with van der Waals surface area (Å²) in [5, 5.41) is 0. The van der Waals surface area contributed by atoms with Gasteiger partial charge < -0.3 is 15.4 Å². The van der Waals surface area contributed by atoms with Crippen LogP contribution in [0.1, 0.15) is 24.1 Å². The zero-order valence-corrected chi connectivity index (χ0v) is 19.4. The van der Waals surface area contributed by atoms with Gasteiger partial charge in [-0.05, 0) is 32.0 Å². The average molecular weight is 473 g/mol. The van der Waals surface area contributed by atoms with E-state index in [0.29, 0.717) is 5.56 Å². The van der Waals surface area contributed by atoms with Crippen LogP contribution in [0.5, 0.6) is 5.88 Å². The molecule has 0 unspecified atom stereocenters. The van der Waals surface area contributed by atoms with Crippen molar-refractivity contribution in [1.29, 1.82) is 0 Å². The number of ether oxygens (including phenoxy) is 1. The van der Waals surface area contributed by atoms with Gasteiger partial charge in [0.05, 0.1) is 34.1 Å². The van der Waals surface area contributed by atoms with Crippen molar-refractivity contribution < 1.29 is 17.5 Å². The van der Waals surface area contributed by atoms with Crippen molar-refractivity contribution in [2.75, 3.05) is 30.0 Å². The number of rotatable bonds is 5. The van der Waals surface area contributed by atoms with Crippen LogP contribution in [0.3, 0.4) is 0 Å². The highest BCUT2D eigenvalue weighted by molar-refractivity contribution is 7.90. The van der Waals surface area contributed by atoms with Crippen LogP contribution < -0.4 is 15.4 Å². The van der Waals surface area contributed by atoms with E-state index in [1.54, 1.807) is 19.3 Å². The molecule has 0 radical (unpaired) electrons. The molecule has 0 aliphatic carbocycles. The first kappa shape index (κ1) is 22.8. The number of nitrogen functional groups attached to an aromatic ring is 1. The molecule has 4 rings (SSSR count). The molecule has 1 aromatic carbocycles. The number of aromatic nitrogens is 4. The molecule has 174 valence electrons. The molecular formula is C22H25FN6O3S. The number of benzene rings is 1. The van der Waals surface area contributed by atoms with E-state index in [2.05, 4.69) is 24.8 Å². The first-order valence-corrected chi connectivity index (χ1v) is 12.4. The number of nitrogens with two attached hydrogens (primary N) is 1. The van der Waals surface area contributed by atoms with Crippen molar-refractivity contribution in [2.45, 2.75) is 37.7 Å². The SMILES string of the molecule is Cc1cnc(N2CCC(Oc3nc(-c4ccc(S(C)(=O)=O)cc4F)nc(N)c3C)CC2)cn1. The lowest BCUT2D eigenvalue weighted by Crippen LogP contribution is -2.39. The molecule has 1 aliphatic heterocycles. The Morgan fingerprint density at radius 1 is 1.12 bits per heavy atom. The number of sulfone groups is 1. The monoisotopic (exact) mass is 472 g/mol. The highest BCUT2D eigenvalue weighted by atomic mass is 32.2. The molecule has 33 heavy (non-hydrogen) atoms. The Hall–Kier alpha value is -3.34. The summed E-state index contributed by atoms with van der Waals surface area (Å²) in [5.41, 5.74) is 7.53. The smallest absolute Gasteiger partial charge is 0.222 e. The van der Waals surface area contributed by atoms with Gasteiger partial charge in [0.15, 0.2) is 15.7 Å². The zero-order chi connectivity index (χ0) is 23.8. The maximum Gasteiger partial charge on any atom is 0.222 e. The fraction of sp³-hybridized carbons (Fsp3) is 0.364. The number of aryl methyl sites for hydroxylation is 1. The number of hydrogen-bond donors (Lipinski definition) is 1. The van der Waals surface area contributed by atoms with E-state index in [1.807, 2.05) is 6.92 Å². The highest BCUT2D eigenvalue weighted by Crippen LogP contribution is 2.30. The van der Waals surface area contributed by atoms with Gasteiger partial charge in [0.1, 0.15) is 23.6 Å². The predicted molar refractivity (Wildman–Crippen MR) is 122 cm³/mol. The van der Waals surface area contributed by atoms with Gasteiger partial charge in [0.25, 0.3) is 0 Å². The molecule has 11 heteroatoms. The first-order chi connectivity index (χ1) is 15.6. The van der Waals surface area contributed by atoms with E-state index in [4.69, 9.17) is 10.5 Å². The van der Waals surface area contributed by atoms with Crippen molar-refractivity contribution >= 4 is 21.5 Å². The van der Waals surface area contributed by atoms with Crippen LogP contribution in [0, 0.1) is 19.7 Å².